The summed E-state index contributed by atoms with van der Waals surface area (Å²) in [5.41, 5.74) is 0.461. The Kier molecular flexibility index (Phi) is 6.67. The lowest BCUT2D eigenvalue weighted by atomic mass is 9.74. The van der Waals surface area contributed by atoms with Crippen LogP contribution >= 0.6 is 0 Å². The van der Waals surface area contributed by atoms with Crippen LogP contribution in [-0.2, 0) is 9.53 Å². The maximum atomic E-state index is 13.5. The van der Waals surface area contributed by atoms with Crippen molar-refractivity contribution >= 4 is 11.7 Å². The molecule has 0 aromatic heterocycles. The number of Topliss-reactive ketones (excluding diaryl/α,β-unsaturated/α-hetero) is 1. The summed E-state index contributed by atoms with van der Waals surface area (Å²) in [4.78, 5) is 28.4. The van der Waals surface area contributed by atoms with Crippen molar-refractivity contribution in [3.8, 4) is 17.2 Å². The molecule has 34 heavy (non-hydrogen) atoms. The Morgan fingerprint density at radius 1 is 1.00 bits per heavy atom. The molecule has 1 saturated carbocycles. The summed E-state index contributed by atoms with van der Waals surface area (Å²) < 4.78 is 35.7. The second kappa shape index (κ2) is 10.0. The molecule has 2 aromatic rings. The van der Waals surface area contributed by atoms with Crippen molar-refractivity contribution in [3.63, 3.8) is 0 Å². The van der Waals surface area contributed by atoms with Gasteiger partial charge < -0.3 is 23.8 Å². The van der Waals surface area contributed by atoms with Crippen LogP contribution in [0.3, 0.4) is 0 Å². The van der Waals surface area contributed by atoms with Crippen molar-refractivity contribution in [1.82, 2.24) is 4.90 Å². The molecule has 0 N–H and O–H groups in total. The summed E-state index contributed by atoms with van der Waals surface area (Å²) in [6, 6.07) is 11.0. The Hall–Kier alpha value is -3.13. The van der Waals surface area contributed by atoms with Gasteiger partial charge >= 0.3 is 0 Å². The van der Waals surface area contributed by atoms with Crippen molar-refractivity contribution < 1.29 is 32.9 Å². The third kappa shape index (κ3) is 4.87. The van der Waals surface area contributed by atoms with Gasteiger partial charge in [0.15, 0.2) is 17.3 Å². The second-order valence-electron chi connectivity index (χ2n) is 8.97. The van der Waals surface area contributed by atoms with Gasteiger partial charge in [0.25, 0.3) is 0 Å². The van der Waals surface area contributed by atoms with Gasteiger partial charge in [0, 0.05) is 30.0 Å². The summed E-state index contributed by atoms with van der Waals surface area (Å²) in [7, 11) is 0. The Morgan fingerprint density at radius 3 is 2.59 bits per heavy atom. The first-order chi connectivity index (χ1) is 16.6. The Balaban J connectivity index is 1.21. The number of amides is 1. The fourth-order valence-electron chi connectivity index (χ4n) is 4.98. The molecule has 3 aliphatic rings. The molecule has 1 aliphatic carbocycles. The fourth-order valence-corrected chi connectivity index (χ4v) is 4.98. The lowest BCUT2D eigenvalue weighted by Crippen LogP contribution is -2.51. The molecule has 180 valence electrons. The van der Waals surface area contributed by atoms with Gasteiger partial charge in [-0.1, -0.05) is 12.8 Å². The van der Waals surface area contributed by atoms with Crippen molar-refractivity contribution in [1.29, 1.82) is 0 Å². The lowest BCUT2D eigenvalue weighted by molar-refractivity contribution is -0.146. The maximum absolute atomic E-state index is 13.5. The number of benzene rings is 2. The fraction of sp³-hybridized carbons (Fsp3) is 0.462. The highest BCUT2D eigenvalue weighted by atomic mass is 19.1. The maximum Gasteiger partial charge on any atom is 0.231 e. The zero-order valence-electron chi connectivity index (χ0n) is 18.9. The van der Waals surface area contributed by atoms with Gasteiger partial charge in [-0.3, -0.25) is 9.59 Å². The highest BCUT2D eigenvalue weighted by Crippen LogP contribution is 2.36. The summed E-state index contributed by atoms with van der Waals surface area (Å²) >= 11 is 0. The van der Waals surface area contributed by atoms with Gasteiger partial charge in [-0.25, -0.2) is 4.39 Å². The second-order valence-corrected chi connectivity index (χ2v) is 8.97. The van der Waals surface area contributed by atoms with Gasteiger partial charge in [0.05, 0.1) is 13.2 Å². The highest BCUT2D eigenvalue weighted by molar-refractivity contribution is 6.00. The minimum Gasteiger partial charge on any atom is -0.491 e. The van der Waals surface area contributed by atoms with Crippen LogP contribution in [0.15, 0.2) is 42.5 Å². The van der Waals surface area contributed by atoms with Crippen LogP contribution in [-0.4, -0.2) is 55.8 Å². The summed E-state index contributed by atoms with van der Waals surface area (Å²) in [6.07, 6.45) is 2.93. The first-order valence-electron chi connectivity index (χ1n) is 11.8. The minimum absolute atomic E-state index is 0.00320. The summed E-state index contributed by atoms with van der Waals surface area (Å²) in [5.74, 6) is 0.787. The van der Waals surface area contributed by atoms with Crippen molar-refractivity contribution in [2.45, 2.75) is 31.8 Å². The van der Waals surface area contributed by atoms with E-state index in [9.17, 15) is 14.0 Å². The van der Waals surface area contributed by atoms with Crippen LogP contribution in [0.4, 0.5) is 4.39 Å². The van der Waals surface area contributed by atoms with Gasteiger partial charge in [-0.2, -0.15) is 0 Å². The van der Waals surface area contributed by atoms with Crippen molar-refractivity contribution in [2.24, 2.45) is 11.8 Å². The molecule has 0 bridgehead atoms. The number of nitrogens with zero attached hydrogens (tertiary/aromatic N) is 1. The van der Waals surface area contributed by atoms with E-state index < -0.39 is 0 Å². The standard InChI is InChI=1S/C26H28FNO6/c27-18-7-5-17(6-8-18)25(29)21-3-1-2-4-22(21)26(30)28-11-12-31-20(14-28)15-32-19-9-10-23-24(13-19)34-16-33-23/h5-10,13,20-22H,1-4,11-12,14-16H2. The number of morpholine rings is 1. The Labute approximate surface area is 197 Å². The number of halogens is 1. The molecule has 8 heteroatoms. The lowest BCUT2D eigenvalue weighted by Gasteiger charge is -2.38. The molecule has 1 saturated heterocycles. The average molecular weight is 470 g/mol. The van der Waals surface area contributed by atoms with Crippen LogP contribution < -0.4 is 14.2 Å². The predicted molar refractivity (Wildman–Crippen MR) is 121 cm³/mol. The van der Waals surface area contributed by atoms with E-state index in [0.717, 1.165) is 12.8 Å². The van der Waals surface area contributed by atoms with E-state index in [1.54, 1.807) is 17.0 Å². The number of hydrogen-bond acceptors (Lipinski definition) is 6. The molecular weight excluding hydrogens is 441 g/mol. The van der Waals surface area contributed by atoms with Crippen molar-refractivity contribution in [3.05, 3.63) is 53.8 Å². The normalized spacial score (nSPS) is 24.0. The molecule has 1 amide bonds. The number of hydrogen-bond donors (Lipinski definition) is 0. The van der Waals surface area contributed by atoms with E-state index in [-0.39, 0.29) is 42.2 Å². The molecule has 0 spiro atoms. The third-order valence-corrected chi connectivity index (χ3v) is 6.78. The quantitative estimate of drug-likeness (QED) is 0.599. The zero-order valence-corrected chi connectivity index (χ0v) is 18.9. The topological polar surface area (TPSA) is 74.3 Å². The number of carbonyl (C=O) groups is 2. The highest BCUT2D eigenvalue weighted by Gasteiger charge is 2.39. The van der Waals surface area contributed by atoms with Crippen LogP contribution in [0.2, 0.25) is 0 Å². The van der Waals surface area contributed by atoms with Crippen molar-refractivity contribution in [2.75, 3.05) is 33.1 Å². The smallest absolute Gasteiger partial charge is 0.231 e. The number of fused-ring (bicyclic) bond motifs is 1. The molecule has 3 atom stereocenters. The van der Waals surface area contributed by atoms with Gasteiger partial charge in [-0.15, -0.1) is 0 Å². The van der Waals surface area contributed by atoms with Crippen LogP contribution in [0.1, 0.15) is 36.0 Å². The van der Waals surface area contributed by atoms with Crippen LogP contribution in [0.25, 0.3) is 0 Å². The molecule has 2 fully saturated rings. The van der Waals surface area contributed by atoms with Crippen LogP contribution in [0.5, 0.6) is 17.2 Å². The molecular formula is C26H28FNO6. The minimum atomic E-state index is -0.379. The largest absolute Gasteiger partial charge is 0.491 e. The SMILES string of the molecule is O=C(c1ccc(F)cc1)C1CCCCC1C(=O)N1CCOC(COc2ccc3c(c2)OCO3)C1. The van der Waals surface area contributed by atoms with E-state index in [1.807, 2.05) is 6.07 Å². The van der Waals surface area contributed by atoms with E-state index in [4.69, 9.17) is 18.9 Å². The predicted octanol–water partition coefficient (Wildman–Crippen LogP) is 3.85. The molecule has 5 rings (SSSR count). The number of rotatable bonds is 6. The van der Waals surface area contributed by atoms with E-state index in [0.29, 0.717) is 62.0 Å². The van der Waals surface area contributed by atoms with Gasteiger partial charge in [0.2, 0.25) is 12.7 Å². The van der Waals surface area contributed by atoms with E-state index in [1.165, 1.54) is 24.3 Å². The monoisotopic (exact) mass is 469 g/mol. The first-order valence-corrected chi connectivity index (χ1v) is 11.8. The molecule has 0 radical (unpaired) electrons. The molecule has 2 aliphatic heterocycles. The Morgan fingerprint density at radius 2 is 1.76 bits per heavy atom. The van der Waals surface area contributed by atoms with E-state index in [2.05, 4.69) is 0 Å². The zero-order chi connectivity index (χ0) is 23.5. The van der Waals surface area contributed by atoms with Gasteiger partial charge in [-0.05, 0) is 49.2 Å². The summed E-state index contributed by atoms with van der Waals surface area (Å²) in [6.45, 7) is 1.83. The number of carbonyl (C=O) groups excluding carboxylic acids is 2. The molecule has 2 heterocycles. The first kappa shape index (κ1) is 22.7. The van der Waals surface area contributed by atoms with Gasteiger partial charge in [0.1, 0.15) is 24.3 Å². The van der Waals surface area contributed by atoms with E-state index >= 15 is 0 Å². The number of ketones is 1. The molecule has 2 aromatic carbocycles. The number of ether oxygens (including phenoxy) is 4. The summed E-state index contributed by atoms with van der Waals surface area (Å²) in [5, 5.41) is 0. The molecule has 7 nitrogen and oxygen atoms in total. The van der Waals surface area contributed by atoms with Crippen LogP contribution in [0, 0.1) is 17.7 Å². The molecule has 3 unspecified atom stereocenters. The Bertz CT molecular complexity index is 1040. The third-order valence-electron chi connectivity index (χ3n) is 6.78. The average Bonchev–Trinajstić information content (AvgIpc) is 3.35.